The van der Waals surface area contributed by atoms with Crippen LogP contribution in [-0.2, 0) is 15.9 Å². The molecule has 1 aliphatic rings. The molecule has 1 aliphatic heterocycles. The first kappa shape index (κ1) is 16.2. The van der Waals surface area contributed by atoms with Gasteiger partial charge in [-0.2, -0.15) is 0 Å². The highest BCUT2D eigenvalue weighted by Crippen LogP contribution is 2.26. The summed E-state index contributed by atoms with van der Waals surface area (Å²) in [6, 6.07) is 7.74. The number of hydrogen-bond donors (Lipinski definition) is 2. The van der Waals surface area contributed by atoms with E-state index in [1.807, 2.05) is 24.3 Å². The summed E-state index contributed by atoms with van der Waals surface area (Å²) in [5.74, 6) is 0. The summed E-state index contributed by atoms with van der Waals surface area (Å²) in [4.78, 5) is 0. The molecule has 118 valence electrons. The molecule has 4 nitrogen and oxygen atoms in total. The number of ether oxygens (including phenoxy) is 2. The maximum atomic E-state index is 13.0. The van der Waals surface area contributed by atoms with Crippen LogP contribution in [0.3, 0.4) is 0 Å². The minimum Gasteiger partial charge on any atom is -0.379 e. The molecule has 0 fully saturated rings. The zero-order chi connectivity index (χ0) is 15.1. The minimum atomic E-state index is -0.829. The van der Waals surface area contributed by atoms with Crippen molar-refractivity contribution in [3.63, 3.8) is 0 Å². The molecule has 2 N–H and O–H groups in total. The Balaban J connectivity index is 1.86. The van der Waals surface area contributed by atoms with Gasteiger partial charge in [0, 0.05) is 18.7 Å². The summed E-state index contributed by atoms with van der Waals surface area (Å²) >= 11 is 0. The number of fused-ring (bicyclic) bond motifs is 1. The lowest BCUT2D eigenvalue weighted by atomic mass is 10.00. The predicted molar refractivity (Wildman–Crippen MR) is 80.1 cm³/mol. The number of halogens is 1. The van der Waals surface area contributed by atoms with Gasteiger partial charge in [0.1, 0.15) is 18.9 Å². The fraction of sp³-hybridized carbons (Fsp3) is 0.625. The second kappa shape index (κ2) is 8.32. The van der Waals surface area contributed by atoms with E-state index in [1.54, 1.807) is 0 Å². The molecule has 1 aromatic carbocycles. The van der Waals surface area contributed by atoms with E-state index < -0.39 is 25.1 Å². The standard InChI is InChI=1S/C16H24FNO3/c1-2-3-8-20-11-13(10-17)21-15-9-12-6-4-5-7-14(12)18-16(15)19/h4-7,13,15-16,18-19H,2-3,8-11H2,1H3. The molecule has 2 rings (SSSR count). The van der Waals surface area contributed by atoms with E-state index in [9.17, 15) is 9.50 Å². The van der Waals surface area contributed by atoms with E-state index in [0.29, 0.717) is 13.0 Å². The van der Waals surface area contributed by atoms with Gasteiger partial charge in [0.15, 0.2) is 6.23 Å². The molecule has 0 saturated heterocycles. The zero-order valence-electron chi connectivity index (χ0n) is 12.4. The molecule has 3 atom stereocenters. The minimum absolute atomic E-state index is 0.224. The monoisotopic (exact) mass is 297 g/mol. The van der Waals surface area contributed by atoms with Gasteiger partial charge in [0.25, 0.3) is 0 Å². The van der Waals surface area contributed by atoms with Crippen LogP contribution in [0.4, 0.5) is 10.1 Å². The smallest absolute Gasteiger partial charge is 0.151 e. The molecule has 0 radical (unpaired) electrons. The number of hydrogen-bond acceptors (Lipinski definition) is 4. The molecule has 0 aromatic heterocycles. The first-order valence-corrected chi connectivity index (χ1v) is 7.56. The van der Waals surface area contributed by atoms with Gasteiger partial charge in [0.05, 0.1) is 6.61 Å². The molecule has 0 bridgehead atoms. The van der Waals surface area contributed by atoms with Crippen LogP contribution in [0.15, 0.2) is 24.3 Å². The Hall–Kier alpha value is -1.17. The van der Waals surface area contributed by atoms with Crippen molar-refractivity contribution in [3.05, 3.63) is 29.8 Å². The van der Waals surface area contributed by atoms with Gasteiger partial charge in [-0.3, -0.25) is 0 Å². The SMILES string of the molecule is CCCCOCC(CF)OC1Cc2ccccc2NC1O. The van der Waals surface area contributed by atoms with Crippen molar-refractivity contribution in [3.8, 4) is 0 Å². The number of rotatable bonds is 8. The number of anilines is 1. The average molecular weight is 297 g/mol. The lowest BCUT2D eigenvalue weighted by Gasteiger charge is -2.33. The highest BCUT2D eigenvalue weighted by Gasteiger charge is 2.29. The molecule has 0 amide bonds. The Morgan fingerprint density at radius 3 is 3.00 bits per heavy atom. The molecule has 5 heteroatoms. The number of alkyl halides is 1. The van der Waals surface area contributed by atoms with Crippen molar-refractivity contribution in [1.29, 1.82) is 0 Å². The molecule has 1 heterocycles. The Kier molecular flexibility index (Phi) is 6.42. The first-order valence-electron chi connectivity index (χ1n) is 7.56. The number of aliphatic hydroxyl groups excluding tert-OH is 1. The van der Waals surface area contributed by atoms with Crippen LogP contribution in [0.25, 0.3) is 0 Å². The normalized spacial score (nSPS) is 22.4. The number of nitrogens with one attached hydrogen (secondary N) is 1. The van der Waals surface area contributed by atoms with Crippen LogP contribution in [0, 0.1) is 0 Å². The van der Waals surface area contributed by atoms with E-state index in [2.05, 4.69) is 12.2 Å². The van der Waals surface area contributed by atoms with Crippen molar-refractivity contribution in [1.82, 2.24) is 0 Å². The van der Waals surface area contributed by atoms with Gasteiger partial charge in [-0.05, 0) is 18.1 Å². The molecule has 21 heavy (non-hydrogen) atoms. The third kappa shape index (κ3) is 4.66. The molecule has 0 spiro atoms. The van der Waals surface area contributed by atoms with E-state index in [-0.39, 0.29) is 6.61 Å². The summed E-state index contributed by atoms with van der Waals surface area (Å²) in [6.07, 6.45) is 0.646. The van der Waals surface area contributed by atoms with E-state index >= 15 is 0 Å². The van der Waals surface area contributed by atoms with E-state index in [0.717, 1.165) is 24.1 Å². The van der Waals surface area contributed by atoms with Crippen LogP contribution >= 0.6 is 0 Å². The van der Waals surface area contributed by atoms with E-state index in [1.165, 1.54) is 0 Å². The summed E-state index contributed by atoms with van der Waals surface area (Å²) in [6.45, 7) is 2.30. The maximum Gasteiger partial charge on any atom is 0.151 e. The van der Waals surface area contributed by atoms with Gasteiger partial charge < -0.3 is 19.9 Å². The maximum absolute atomic E-state index is 13.0. The Labute approximate surface area is 125 Å². The van der Waals surface area contributed by atoms with Crippen LogP contribution < -0.4 is 5.32 Å². The molecule has 0 saturated carbocycles. The number of unbranched alkanes of at least 4 members (excludes halogenated alkanes) is 1. The zero-order valence-corrected chi connectivity index (χ0v) is 12.4. The van der Waals surface area contributed by atoms with Gasteiger partial charge in [-0.25, -0.2) is 4.39 Å². The number of para-hydroxylation sites is 1. The second-order valence-electron chi connectivity index (χ2n) is 5.33. The van der Waals surface area contributed by atoms with Crippen LogP contribution in [0.2, 0.25) is 0 Å². The topological polar surface area (TPSA) is 50.7 Å². The summed E-state index contributed by atoms with van der Waals surface area (Å²) < 4.78 is 24.1. The molecule has 3 unspecified atom stereocenters. The van der Waals surface area contributed by atoms with Crippen molar-refractivity contribution in [2.24, 2.45) is 0 Å². The van der Waals surface area contributed by atoms with Crippen molar-refractivity contribution < 1.29 is 19.0 Å². The highest BCUT2D eigenvalue weighted by atomic mass is 19.1. The van der Waals surface area contributed by atoms with Gasteiger partial charge in [0.2, 0.25) is 0 Å². The third-order valence-electron chi connectivity index (χ3n) is 3.58. The first-order chi connectivity index (χ1) is 10.2. The lowest BCUT2D eigenvalue weighted by molar-refractivity contribution is -0.102. The van der Waals surface area contributed by atoms with Gasteiger partial charge in [-0.1, -0.05) is 31.5 Å². The lowest BCUT2D eigenvalue weighted by Crippen LogP contribution is -2.44. The Bertz CT molecular complexity index is 430. The Morgan fingerprint density at radius 1 is 1.43 bits per heavy atom. The average Bonchev–Trinajstić information content (AvgIpc) is 2.50. The third-order valence-corrected chi connectivity index (χ3v) is 3.58. The largest absolute Gasteiger partial charge is 0.379 e. The van der Waals surface area contributed by atoms with Crippen LogP contribution in [0.5, 0.6) is 0 Å². The number of benzene rings is 1. The summed E-state index contributed by atoms with van der Waals surface area (Å²) in [7, 11) is 0. The van der Waals surface area contributed by atoms with Crippen molar-refractivity contribution in [2.75, 3.05) is 25.2 Å². The quantitative estimate of drug-likeness (QED) is 0.724. The molecule has 1 aromatic rings. The molecule has 0 aliphatic carbocycles. The second-order valence-corrected chi connectivity index (χ2v) is 5.33. The predicted octanol–water partition coefficient (Wildman–Crippen LogP) is 2.51. The highest BCUT2D eigenvalue weighted by molar-refractivity contribution is 5.53. The van der Waals surface area contributed by atoms with Gasteiger partial charge >= 0.3 is 0 Å². The van der Waals surface area contributed by atoms with E-state index in [4.69, 9.17) is 9.47 Å². The Morgan fingerprint density at radius 2 is 2.24 bits per heavy atom. The van der Waals surface area contributed by atoms with Crippen LogP contribution in [-0.4, -0.2) is 43.4 Å². The number of aliphatic hydroxyl groups is 1. The molecular weight excluding hydrogens is 273 g/mol. The summed E-state index contributed by atoms with van der Waals surface area (Å²) in [5.41, 5.74) is 1.97. The molecular formula is C16H24FNO3. The fourth-order valence-corrected chi connectivity index (χ4v) is 2.37. The van der Waals surface area contributed by atoms with Crippen molar-refractivity contribution >= 4 is 5.69 Å². The van der Waals surface area contributed by atoms with Crippen LogP contribution in [0.1, 0.15) is 25.3 Å². The van der Waals surface area contributed by atoms with Gasteiger partial charge in [-0.15, -0.1) is 0 Å². The fourth-order valence-electron chi connectivity index (χ4n) is 2.37. The van der Waals surface area contributed by atoms with Crippen molar-refractivity contribution in [2.45, 2.75) is 44.6 Å². The summed E-state index contributed by atoms with van der Waals surface area (Å²) in [5, 5.41) is 13.1.